The Hall–Kier alpha value is -1.69. The van der Waals surface area contributed by atoms with E-state index in [2.05, 4.69) is 15.3 Å². The molecule has 1 aromatic heterocycles. The first-order valence-corrected chi connectivity index (χ1v) is 6.50. The van der Waals surface area contributed by atoms with Crippen molar-refractivity contribution in [3.8, 4) is 0 Å². The van der Waals surface area contributed by atoms with E-state index in [9.17, 15) is 4.79 Å². The zero-order valence-electron chi connectivity index (χ0n) is 10.6. The smallest absolute Gasteiger partial charge is 0.249 e. The third-order valence-corrected chi connectivity index (χ3v) is 3.57. The predicted octanol–water partition coefficient (Wildman–Crippen LogP) is 2.60. The molecule has 20 heavy (non-hydrogen) atoms. The van der Waals surface area contributed by atoms with Crippen molar-refractivity contribution >= 4 is 34.9 Å². The molecular weight excluding hydrogens is 299 g/mol. The largest absolute Gasteiger partial charge is 0.314 e. The van der Waals surface area contributed by atoms with Gasteiger partial charge in [0.1, 0.15) is 16.9 Å². The zero-order chi connectivity index (χ0) is 14.8. The van der Waals surface area contributed by atoms with Gasteiger partial charge in [-0.25, -0.2) is 9.97 Å². The van der Waals surface area contributed by atoms with Crippen LogP contribution in [0.3, 0.4) is 0 Å². The van der Waals surface area contributed by atoms with Crippen LogP contribution in [0.2, 0.25) is 10.2 Å². The second-order valence-electron chi connectivity index (χ2n) is 4.35. The van der Waals surface area contributed by atoms with Crippen LogP contribution in [0.1, 0.15) is 12.5 Å². The minimum absolute atomic E-state index is 0.0652. The van der Waals surface area contributed by atoms with Crippen molar-refractivity contribution in [3.63, 3.8) is 0 Å². The molecule has 2 aromatic rings. The number of hydrogen-bond donors (Lipinski definition) is 2. The Labute approximate surface area is 126 Å². The van der Waals surface area contributed by atoms with Crippen LogP contribution < -0.4 is 11.1 Å². The van der Waals surface area contributed by atoms with E-state index in [0.29, 0.717) is 5.56 Å². The number of nitrogens with two attached hydrogens (primary N) is 1. The molecule has 0 saturated heterocycles. The van der Waals surface area contributed by atoms with Crippen LogP contribution in [0.5, 0.6) is 0 Å². The number of benzene rings is 1. The highest BCUT2D eigenvalue weighted by Crippen LogP contribution is 2.27. The molecule has 3 N–H and O–H groups in total. The van der Waals surface area contributed by atoms with Crippen LogP contribution in [0.4, 0.5) is 5.82 Å². The summed E-state index contributed by atoms with van der Waals surface area (Å²) in [6.45, 7) is 1.61. The number of carbonyl (C=O) groups excluding carboxylic acids is 1. The zero-order valence-corrected chi connectivity index (χ0v) is 12.1. The van der Waals surface area contributed by atoms with Gasteiger partial charge in [-0.15, -0.1) is 0 Å². The fraction of sp³-hybridized carbons (Fsp3) is 0.154. The summed E-state index contributed by atoms with van der Waals surface area (Å²) in [5, 5.41) is 2.70. The number of anilines is 1. The van der Waals surface area contributed by atoms with Gasteiger partial charge in [-0.05, 0) is 12.5 Å². The number of carbonyl (C=O) groups is 1. The topological polar surface area (TPSA) is 80.9 Å². The third-order valence-electron chi connectivity index (χ3n) is 2.82. The summed E-state index contributed by atoms with van der Waals surface area (Å²) in [5.41, 5.74) is 5.54. The maximum atomic E-state index is 12.3. The molecule has 2 rings (SSSR count). The Bertz CT molecular complexity index is 632. The maximum Gasteiger partial charge on any atom is 0.249 e. The Balaban J connectivity index is 2.26. The molecule has 0 aliphatic rings. The van der Waals surface area contributed by atoms with Crippen LogP contribution in [0, 0.1) is 0 Å². The minimum atomic E-state index is -1.22. The van der Waals surface area contributed by atoms with Gasteiger partial charge in [-0.1, -0.05) is 53.5 Å². The minimum Gasteiger partial charge on any atom is -0.314 e. The van der Waals surface area contributed by atoms with E-state index >= 15 is 0 Å². The Morgan fingerprint density at radius 2 is 1.90 bits per heavy atom. The fourth-order valence-corrected chi connectivity index (χ4v) is 1.87. The summed E-state index contributed by atoms with van der Waals surface area (Å²) >= 11 is 11.7. The number of rotatable bonds is 3. The third kappa shape index (κ3) is 2.90. The number of nitrogens with zero attached hydrogens (tertiary/aromatic N) is 2. The van der Waals surface area contributed by atoms with E-state index in [0.717, 1.165) is 0 Å². The second kappa shape index (κ2) is 5.75. The molecule has 0 bridgehead atoms. The lowest BCUT2D eigenvalue weighted by atomic mass is 9.92. The summed E-state index contributed by atoms with van der Waals surface area (Å²) in [5.74, 6) is -0.315. The molecule has 0 aliphatic carbocycles. The standard InChI is InChI=1S/C13H12Cl2N4O/c1-13(16,8-5-3-2-4-6-8)12(20)19-11-9(14)10(15)17-7-18-11/h2-7H,16H2,1H3,(H,17,18,19,20). The van der Waals surface area contributed by atoms with Crippen molar-refractivity contribution in [2.75, 3.05) is 5.32 Å². The van der Waals surface area contributed by atoms with Gasteiger partial charge in [-0.3, -0.25) is 4.79 Å². The summed E-state index contributed by atoms with van der Waals surface area (Å²) in [6.07, 6.45) is 1.21. The van der Waals surface area contributed by atoms with E-state index in [1.165, 1.54) is 6.33 Å². The molecule has 0 radical (unpaired) electrons. The first-order chi connectivity index (χ1) is 9.43. The normalized spacial score (nSPS) is 13.6. The van der Waals surface area contributed by atoms with Crippen LogP contribution in [-0.4, -0.2) is 15.9 Å². The van der Waals surface area contributed by atoms with E-state index in [1.807, 2.05) is 18.2 Å². The van der Waals surface area contributed by atoms with Gasteiger partial charge >= 0.3 is 0 Å². The molecular formula is C13H12Cl2N4O. The number of amides is 1. The highest BCUT2D eigenvalue weighted by Gasteiger charge is 2.31. The molecule has 5 nitrogen and oxygen atoms in total. The van der Waals surface area contributed by atoms with Crippen LogP contribution in [0.15, 0.2) is 36.7 Å². The highest BCUT2D eigenvalue weighted by molar-refractivity contribution is 6.43. The Morgan fingerprint density at radius 1 is 1.25 bits per heavy atom. The first kappa shape index (κ1) is 14.7. The molecule has 104 valence electrons. The molecule has 0 aliphatic heterocycles. The average molecular weight is 311 g/mol. The highest BCUT2D eigenvalue weighted by atomic mass is 35.5. The van der Waals surface area contributed by atoms with E-state index in [-0.39, 0.29) is 16.0 Å². The molecule has 1 unspecified atom stereocenters. The van der Waals surface area contributed by atoms with E-state index in [1.54, 1.807) is 19.1 Å². The Kier molecular flexibility index (Phi) is 4.23. The number of halogens is 2. The SMILES string of the molecule is CC(N)(C(=O)Nc1ncnc(Cl)c1Cl)c1ccccc1. The van der Waals surface area contributed by atoms with Crippen molar-refractivity contribution in [1.29, 1.82) is 0 Å². The summed E-state index contributed by atoms with van der Waals surface area (Å²) in [7, 11) is 0. The monoisotopic (exact) mass is 310 g/mol. The lowest BCUT2D eigenvalue weighted by molar-refractivity contribution is -0.120. The van der Waals surface area contributed by atoms with Crippen molar-refractivity contribution in [3.05, 3.63) is 52.4 Å². The van der Waals surface area contributed by atoms with E-state index < -0.39 is 11.4 Å². The number of aromatic nitrogens is 2. The van der Waals surface area contributed by atoms with Gasteiger partial charge in [0, 0.05) is 0 Å². The van der Waals surface area contributed by atoms with Crippen molar-refractivity contribution in [1.82, 2.24) is 9.97 Å². The fourth-order valence-electron chi connectivity index (χ4n) is 1.59. The summed E-state index contributed by atoms with van der Waals surface area (Å²) in [4.78, 5) is 19.9. The van der Waals surface area contributed by atoms with Gasteiger partial charge < -0.3 is 11.1 Å². The molecule has 0 saturated carbocycles. The van der Waals surface area contributed by atoms with E-state index in [4.69, 9.17) is 28.9 Å². The summed E-state index contributed by atoms with van der Waals surface area (Å²) < 4.78 is 0. The van der Waals surface area contributed by atoms with Crippen molar-refractivity contribution in [2.24, 2.45) is 5.73 Å². The van der Waals surface area contributed by atoms with Crippen LogP contribution >= 0.6 is 23.2 Å². The molecule has 7 heteroatoms. The van der Waals surface area contributed by atoms with Gasteiger partial charge in [0.15, 0.2) is 11.0 Å². The van der Waals surface area contributed by atoms with Crippen LogP contribution in [0.25, 0.3) is 0 Å². The lowest BCUT2D eigenvalue weighted by Gasteiger charge is -2.24. The van der Waals surface area contributed by atoms with Crippen molar-refractivity contribution in [2.45, 2.75) is 12.5 Å². The first-order valence-electron chi connectivity index (χ1n) is 5.75. The maximum absolute atomic E-state index is 12.3. The number of hydrogen-bond acceptors (Lipinski definition) is 4. The van der Waals surface area contributed by atoms with Gasteiger partial charge in [0.05, 0.1) is 0 Å². The summed E-state index contributed by atoms with van der Waals surface area (Å²) in [6, 6.07) is 9.01. The quantitative estimate of drug-likeness (QED) is 0.854. The molecule has 1 atom stereocenters. The predicted molar refractivity (Wildman–Crippen MR) is 78.7 cm³/mol. The molecule has 0 fully saturated rings. The van der Waals surface area contributed by atoms with Crippen LogP contribution in [-0.2, 0) is 10.3 Å². The molecule has 0 spiro atoms. The van der Waals surface area contributed by atoms with Gasteiger partial charge in [-0.2, -0.15) is 0 Å². The Morgan fingerprint density at radius 3 is 2.55 bits per heavy atom. The second-order valence-corrected chi connectivity index (χ2v) is 5.09. The molecule has 1 amide bonds. The van der Waals surface area contributed by atoms with Gasteiger partial charge in [0.2, 0.25) is 5.91 Å². The van der Waals surface area contributed by atoms with Gasteiger partial charge in [0.25, 0.3) is 0 Å². The number of nitrogens with one attached hydrogen (secondary N) is 1. The average Bonchev–Trinajstić information content (AvgIpc) is 2.44. The van der Waals surface area contributed by atoms with Crippen molar-refractivity contribution < 1.29 is 4.79 Å². The lowest BCUT2D eigenvalue weighted by Crippen LogP contribution is -2.45. The molecule has 1 heterocycles. The molecule has 1 aromatic carbocycles.